The van der Waals surface area contributed by atoms with E-state index in [9.17, 15) is 9.50 Å². The molecule has 0 saturated carbocycles. The Balaban J connectivity index is 1.23. The summed E-state index contributed by atoms with van der Waals surface area (Å²) >= 11 is 0. The Kier molecular flexibility index (Phi) is 7.61. The highest BCUT2D eigenvalue weighted by Crippen LogP contribution is 2.28. The number of rotatable bonds is 8. The topological polar surface area (TPSA) is 113 Å². The number of anilines is 2. The summed E-state index contributed by atoms with van der Waals surface area (Å²) in [5.41, 5.74) is 3.47. The van der Waals surface area contributed by atoms with Gasteiger partial charge in [0.1, 0.15) is 17.0 Å². The van der Waals surface area contributed by atoms with E-state index in [-0.39, 0.29) is 11.7 Å². The molecule has 1 aliphatic heterocycles. The number of hydrogen-bond donors (Lipinski definition) is 2. The van der Waals surface area contributed by atoms with Crippen molar-refractivity contribution in [1.29, 1.82) is 0 Å². The van der Waals surface area contributed by atoms with E-state index in [1.807, 2.05) is 54.7 Å². The van der Waals surface area contributed by atoms with Crippen LogP contribution in [-0.4, -0.2) is 73.1 Å². The van der Waals surface area contributed by atoms with Gasteiger partial charge in [0.25, 0.3) is 0 Å². The maximum Gasteiger partial charge on any atom is 0.200 e. The molecule has 41 heavy (non-hydrogen) atoms. The van der Waals surface area contributed by atoms with Crippen LogP contribution in [0.3, 0.4) is 0 Å². The summed E-state index contributed by atoms with van der Waals surface area (Å²) < 4.78 is 21.5. The number of methoxy groups -OCH3 is 1. The second-order valence-electron chi connectivity index (χ2n) is 9.82. The Morgan fingerprint density at radius 1 is 1.15 bits per heavy atom. The summed E-state index contributed by atoms with van der Waals surface area (Å²) in [6.07, 6.45) is 8.12. The van der Waals surface area contributed by atoms with Crippen LogP contribution in [-0.2, 0) is 6.54 Å². The summed E-state index contributed by atoms with van der Waals surface area (Å²) in [6.45, 7) is 1.78. The molecule has 2 atom stereocenters. The molecule has 1 unspecified atom stereocenters. The third-order valence-electron chi connectivity index (χ3n) is 7.07. The standard InChI is InChI=1S/C30H29FN8O2/c1-41-22-7-5-20(6-8-22)16-34-25-11-14-38(19-27(25)40)18-21-10-15-39-28(21)30(35-24-9-13-32-17-23(24)31)36-29(37-39)26-4-2-3-12-33-26/h2-10,12-13,15-17,25,27,40H,11,14,18-19H2,1H3,(H,32,35,36,37)/b34-16+/t25-,27?/m0/s1. The maximum atomic E-state index is 14.5. The molecule has 6 rings (SSSR count). The molecule has 0 spiro atoms. The third-order valence-corrected chi connectivity index (χ3v) is 7.07. The van der Waals surface area contributed by atoms with Crippen LogP contribution in [0.4, 0.5) is 15.9 Å². The molecule has 208 valence electrons. The minimum atomic E-state index is -0.609. The number of hydrogen-bond acceptors (Lipinski definition) is 9. The van der Waals surface area contributed by atoms with Gasteiger partial charge in [0.05, 0.1) is 31.1 Å². The summed E-state index contributed by atoms with van der Waals surface area (Å²) in [4.78, 5) is 19.8. The first-order valence-electron chi connectivity index (χ1n) is 13.3. The van der Waals surface area contributed by atoms with Crippen molar-refractivity contribution >= 4 is 23.2 Å². The molecule has 10 nitrogen and oxygen atoms in total. The quantitative estimate of drug-likeness (QED) is 0.276. The largest absolute Gasteiger partial charge is 0.497 e. The number of halogens is 1. The van der Waals surface area contributed by atoms with Crippen molar-refractivity contribution in [3.63, 3.8) is 0 Å². The van der Waals surface area contributed by atoms with Gasteiger partial charge in [0.2, 0.25) is 5.82 Å². The molecule has 11 heteroatoms. The third kappa shape index (κ3) is 5.91. The van der Waals surface area contributed by atoms with Crippen molar-refractivity contribution in [3.05, 3.63) is 96.3 Å². The van der Waals surface area contributed by atoms with Crippen molar-refractivity contribution in [2.45, 2.75) is 25.1 Å². The van der Waals surface area contributed by atoms with Crippen LogP contribution in [0, 0.1) is 5.82 Å². The summed E-state index contributed by atoms with van der Waals surface area (Å²) in [7, 11) is 1.63. The number of nitrogens with one attached hydrogen (secondary N) is 1. The van der Waals surface area contributed by atoms with Crippen molar-refractivity contribution < 1.29 is 14.2 Å². The van der Waals surface area contributed by atoms with Crippen LogP contribution >= 0.6 is 0 Å². The van der Waals surface area contributed by atoms with Gasteiger partial charge in [-0.25, -0.2) is 13.9 Å². The molecule has 5 heterocycles. The Morgan fingerprint density at radius 3 is 2.78 bits per heavy atom. The Morgan fingerprint density at radius 2 is 2.02 bits per heavy atom. The fraction of sp³-hybridized carbons (Fsp3) is 0.233. The molecule has 1 aromatic carbocycles. The Labute approximate surface area is 236 Å². The molecule has 2 N–H and O–H groups in total. The number of nitrogens with zero attached hydrogens (tertiary/aromatic N) is 7. The fourth-order valence-corrected chi connectivity index (χ4v) is 4.93. The molecule has 0 amide bonds. The van der Waals surface area contributed by atoms with Gasteiger partial charge in [-0.3, -0.25) is 19.9 Å². The molecule has 5 aromatic rings. The van der Waals surface area contributed by atoms with Gasteiger partial charge in [-0.1, -0.05) is 6.07 Å². The van der Waals surface area contributed by atoms with Gasteiger partial charge in [-0.05, 0) is 66.1 Å². The zero-order valence-corrected chi connectivity index (χ0v) is 22.4. The zero-order valence-electron chi connectivity index (χ0n) is 22.4. The lowest BCUT2D eigenvalue weighted by Gasteiger charge is -2.34. The molecule has 0 aliphatic carbocycles. The maximum absolute atomic E-state index is 14.5. The minimum Gasteiger partial charge on any atom is -0.497 e. The lowest BCUT2D eigenvalue weighted by molar-refractivity contribution is 0.0511. The van der Waals surface area contributed by atoms with Crippen LogP contribution in [0.25, 0.3) is 17.0 Å². The lowest BCUT2D eigenvalue weighted by atomic mass is 10.0. The molecule has 4 aromatic heterocycles. The fourth-order valence-electron chi connectivity index (χ4n) is 4.93. The van der Waals surface area contributed by atoms with E-state index in [1.165, 1.54) is 6.20 Å². The highest BCUT2D eigenvalue weighted by atomic mass is 19.1. The first-order valence-corrected chi connectivity index (χ1v) is 13.3. The van der Waals surface area contributed by atoms with Crippen LogP contribution in [0.5, 0.6) is 5.75 Å². The van der Waals surface area contributed by atoms with Gasteiger partial charge in [0.15, 0.2) is 11.6 Å². The van der Waals surface area contributed by atoms with E-state index >= 15 is 0 Å². The average molecular weight is 553 g/mol. The van der Waals surface area contributed by atoms with Gasteiger partial charge >= 0.3 is 0 Å². The number of likely N-dealkylation sites (tertiary alicyclic amines) is 1. The van der Waals surface area contributed by atoms with Gasteiger partial charge in [-0.15, -0.1) is 5.10 Å². The molecular weight excluding hydrogens is 523 g/mol. The summed E-state index contributed by atoms with van der Waals surface area (Å²) in [6, 6.07) is 16.5. The number of fused-ring (bicyclic) bond motifs is 1. The van der Waals surface area contributed by atoms with E-state index in [0.29, 0.717) is 36.8 Å². The number of ether oxygens (including phenoxy) is 1. The normalized spacial score (nSPS) is 17.7. The average Bonchev–Trinajstić information content (AvgIpc) is 3.41. The molecule has 0 radical (unpaired) electrons. The van der Waals surface area contributed by atoms with E-state index in [4.69, 9.17) is 9.72 Å². The van der Waals surface area contributed by atoms with Gasteiger partial charge in [-0.2, -0.15) is 0 Å². The van der Waals surface area contributed by atoms with Crippen molar-refractivity contribution in [3.8, 4) is 17.3 Å². The van der Waals surface area contributed by atoms with Crippen LogP contribution in [0.1, 0.15) is 17.5 Å². The van der Waals surface area contributed by atoms with Crippen molar-refractivity contribution in [2.75, 3.05) is 25.5 Å². The number of β-amino-alcohol motifs (C(OH)–C–C–N with tert-alkyl or cyclic N) is 1. The van der Waals surface area contributed by atoms with E-state index in [0.717, 1.165) is 35.1 Å². The second kappa shape index (κ2) is 11.8. The first kappa shape index (κ1) is 26.5. The SMILES string of the molecule is COc1ccc(/C=N/[C@H]2CCN(Cc3ccn4nc(-c5ccccn5)nc(Nc5ccncc5F)c34)CC2O)cc1. The monoisotopic (exact) mass is 552 g/mol. The number of aliphatic imine (C=N–C) groups is 1. The summed E-state index contributed by atoms with van der Waals surface area (Å²) in [5.74, 6) is 1.15. The number of aliphatic hydroxyl groups excluding tert-OH is 1. The zero-order chi connectivity index (χ0) is 28.2. The predicted octanol–water partition coefficient (Wildman–Crippen LogP) is 4.13. The van der Waals surface area contributed by atoms with E-state index in [1.54, 1.807) is 30.1 Å². The number of aromatic nitrogens is 5. The highest BCUT2D eigenvalue weighted by molar-refractivity contribution is 5.80. The molecular formula is C30H29FN8O2. The molecule has 1 saturated heterocycles. The molecule has 1 aliphatic rings. The van der Waals surface area contributed by atoms with Crippen LogP contribution < -0.4 is 10.1 Å². The predicted molar refractivity (Wildman–Crippen MR) is 154 cm³/mol. The van der Waals surface area contributed by atoms with E-state index in [2.05, 4.69) is 30.3 Å². The Hall–Kier alpha value is -4.74. The number of pyridine rings is 2. The van der Waals surface area contributed by atoms with Crippen molar-refractivity contribution in [2.24, 2.45) is 4.99 Å². The molecule has 0 bridgehead atoms. The van der Waals surface area contributed by atoms with Crippen molar-refractivity contribution in [1.82, 2.24) is 29.5 Å². The Bertz CT molecular complexity index is 1660. The minimum absolute atomic E-state index is 0.185. The first-order chi connectivity index (χ1) is 20.1. The second-order valence-corrected chi connectivity index (χ2v) is 9.82. The highest BCUT2D eigenvalue weighted by Gasteiger charge is 2.28. The number of aliphatic hydroxyl groups is 1. The van der Waals surface area contributed by atoms with Gasteiger partial charge < -0.3 is 15.2 Å². The smallest absolute Gasteiger partial charge is 0.200 e. The van der Waals surface area contributed by atoms with Gasteiger partial charge in [0, 0.05) is 44.4 Å². The lowest BCUT2D eigenvalue weighted by Crippen LogP contribution is -2.45. The summed E-state index contributed by atoms with van der Waals surface area (Å²) in [5, 5.41) is 18.7. The molecule has 1 fully saturated rings. The van der Waals surface area contributed by atoms with Crippen LogP contribution in [0.2, 0.25) is 0 Å². The van der Waals surface area contributed by atoms with E-state index < -0.39 is 11.9 Å². The number of piperidine rings is 1. The number of benzene rings is 1. The van der Waals surface area contributed by atoms with Crippen LogP contribution in [0.15, 0.2) is 84.4 Å².